The molecular weight excluding hydrogens is 376 g/mol. The molecule has 3 aromatic rings. The Morgan fingerprint density at radius 3 is 1.93 bits per heavy atom. The summed E-state index contributed by atoms with van der Waals surface area (Å²) in [6, 6.07) is 27.7. The summed E-state index contributed by atoms with van der Waals surface area (Å²) in [5.74, 6) is 1.27. The van der Waals surface area contributed by atoms with Crippen molar-refractivity contribution in [2.24, 2.45) is 0 Å². The van der Waals surface area contributed by atoms with Crippen LogP contribution >= 0.6 is 0 Å². The fraction of sp³-hybridized carbons (Fsp3) is 0.240. The molecule has 2 atom stereocenters. The van der Waals surface area contributed by atoms with Gasteiger partial charge in [-0.05, 0) is 29.8 Å². The van der Waals surface area contributed by atoms with Crippen molar-refractivity contribution in [1.29, 1.82) is 0 Å². The van der Waals surface area contributed by atoms with Crippen LogP contribution in [0.1, 0.15) is 11.7 Å². The molecule has 0 N–H and O–H groups in total. The van der Waals surface area contributed by atoms with Crippen molar-refractivity contribution in [1.82, 2.24) is 4.90 Å². The summed E-state index contributed by atoms with van der Waals surface area (Å²) in [5.41, 5.74) is 2.13. The van der Waals surface area contributed by atoms with Gasteiger partial charge in [0.05, 0.1) is 0 Å². The van der Waals surface area contributed by atoms with E-state index in [1.54, 1.807) is 0 Å². The van der Waals surface area contributed by atoms with E-state index in [1.165, 1.54) is 5.69 Å². The van der Waals surface area contributed by atoms with E-state index >= 15 is 0 Å². The third kappa shape index (κ3) is 3.59. The Morgan fingerprint density at radius 1 is 0.700 bits per heavy atom. The monoisotopic (exact) mass is 400 g/mol. The number of benzene rings is 3. The number of carbonyl (C=O) groups is 1. The molecule has 2 heterocycles. The van der Waals surface area contributed by atoms with Gasteiger partial charge in [0, 0.05) is 31.9 Å². The molecule has 1 fully saturated rings. The van der Waals surface area contributed by atoms with Gasteiger partial charge in [-0.3, -0.25) is 4.79 Å². The Kier molecular flexibility index (Phi) is 5.01. The van der Waals surface area contributed by atoms with Crippen LogP contribution in [0.2, 0.25) is 0 Å². The lowest BCUT2D eigenvalue weighted by Gasteiger charge is -2.40. The third-order valence-electron chi connectivity index (χ3n) is 5.72. The molecule has 0 saturated carbocycles. The van der Waals surface area contributed by atoms with Crippen molar-refractivity contribution in [2.75, 3.05) is 31.1 Å². The van der Waals surface area contributed by atoms with E-state index in [9.17, 15) is 4.79 Å². The van der Waals surface area contributed by atoms with Crippen LogP contribution in [0.5, 0.6) is 11.5 Å². The zero-order valence-electron chi connectivity index (χ0n) is 16.7. The molecule has 2 unspecified atom stereocenters. The molecule has 5 rings (SSSR count). The predicted molar refractivity (Wildman–Crippen MR) is 116 cm³/mol. The van der Waals surface area contributed by atoms with Crippen LogP contribution < -0.4 is 14.4 Å². The Labute approximate surface area is 176 Å². The summed E-state index contributed by atoms with van der Waals surface area (Å²) >= 11 is 0. The number of fused-ring (bicyclic) bond motifs is 1. The number of hydrogen-bond acceptors (Lipinski definition) is 4. The van der Waals surface area contributed by atoms with E-state index < -0.39 is 12.2 Å². The van der Waals surface area contributed by atoms with Gasteiger partial charge in [0.15, 0.2) is 17.6 Å². The molecule has 30 heavy (non-hydrogen) atoms. The molecule has 5 heteroatoms. The lowest BCUT2D eigenvalue weighted by Crippen LogP contribution is -2.54. The fourth-order valence-corrected chi connectivity index (χ4v) is 4.11. The minimum atomic E-state index is -0.703. The quantitative estimate of drug-likeness (QED) is 0.668. The number of hydrogen-bond donors (Lipinski definition) is 0. The van der Waals surface area contributed by atoms with E-state index in [4.69, 9.17) is 9.47 Å². The zero-order chi connectivity index (χ0) is 20.3. The second kappa shape index (κ2) is 8.11. The predicted octanol–water partition coefficient (Wildman–Crippen LogP) is 3.92. The highest BCUT2D eigenvalue weighted by Crippen LogP contribution is 2.39. The van der Waals surface area contributed by atoms with E-state index in [0.717, 1.165) is 18.7 Å². The van der Waals surface area contributed by atoms with Gasteiger partial charge in [-0.1, -0.05) is 60.7 Å². The summed E-state index contributed by atoms with van der Waals surface area (Å²) < 4.78 is 12.4. The van der Waals surface area contributed by atoms with Crippen molar-refractivity contribution >= 4 is 11.6 Å². The van der Waals surface area contributed by atoms with Gasteiger partial charge in [-0.2, -0.15) is 0 Å². The first-order valence-corrected chi connectivity index (χ1v) is 10.4. The average Bonchev–Trinajstić information content (AvgIpc) is 2.84. The normalized spacial score (nSPS) is 20.7. The van der Waals surface area contributed by atoms with Crippen LogP contribution in [0.15, 0.2) is 84.9 Å². The molecule has 152 valence electrons. The second-order valence-corrected chi connectivity index (χ2v) is 7.58. The van der Waals surface area contributed by atoms with Crippen LogP contribution in [-0.4, -0.2) is 43.1 Å². The van der Waals surface area contributed by atoms with Gasteiger partial charge in [-0.15, -0.1) is 0 Å². The first-order chi connectivity index (χ1) is 14.8. The van der Waals surface area contributed by atoms with E-state index in [-0.39, 0.29) is 5.91 Å². The van der Waals surface area contributed by atoms with Gasteiger partial charge in [-0.25, -0.2) is 0 Å². The molecule has 3 aromatic carbocycles. The van der Waals surface area contributed by atoms with Gasteiger partial charge < -0.3 is 19.3 Å². The Bertz CT molecular complexity index is 1000. The van der Waals surface area contributed by atoms with Crippen LogP contribution in [0, 0.1) is 0 Å². The molecular formula is C25H24N2O3. The van der Waals surface area contributed by atoms with Crippen molar-refractivity contribution in [3.8, 4) is 11.5 Å². The minimum absolute atomic E-state index is 0.0222. The van der Waals surface area contributed by atoms with E-state index in [2.05, 4.69) is 17.0 Å². The van der Waals surface area contributed by atoms with Crippen LogP contribution in [0.25, 0.3) is 0 Å². The smallest absolute Gasteiger partial charge is 0.268 e. The Hall–Kier alpha value is -3.47. The summed E-state index contributed by atoms with van der Waals surface area (Å²) in [4.78, 5) is 17.7. The number of carbonyl (C=O) groups excluding carboxylic acids is 1. The molecule has 0 aromatic heterocycles. The number of para-hydroxylation sites is 3. The van der Waals surface area contributed by atoms with Crippen LogP contribution in [0.4, 0.5) is 5.69 Å². The summed E-state index contributed by atoms with van der Waals surface area (Å²) in [6.45, 7) is 2.93. The average molecular weight is 400 g/mol. The molecule has 0 bridgehead atoms. The highest BCUT2D eigenvalue weighted by atomic mass is 16.6. The largest absolute Gasteiger partial charge is 0.477 e. The molecule has 1 saturated heterocycles. The first-order valence-electron chi connectivity index (χ1n) is 10.4. The standard InChI is InChI=1S/C25H24N2O3/c28-25(27-17-15-26(16-18-27)20-11-5-2-6-12-20)24-23(19-9-3-1-4-10-19)29-21-13-7-8-14-22(21)30-24/h1-14,23-24H,15-18H2. The van der Waals surface area contributed by atoms with Gasteiger partial charge in [0.25, 0.3) is 5.91 Å². The van der Waals surface area contributed by atoms with Crippen molar-refractivity contribution in [3.05, 3.63) is 90.5 Å². The van der Waals surface area contributed by atoms with Gasteiger partial charge in [0.2, 0.25) is 6.10 Å². The number of anilines is 1. The molecule has 0 radical (unpaired) electrons. The zero-order valence-corrected chi connectivity index (χ0v) is 16.7. The van der Waals surface area contributed by atoms with Crippen molar-refractivity contribution in [3.63, 3.8) is 0 Å². The second-order valence-electron chi connectivity index (χ2n) is 7.58. The molecule has 5 nitrogen and oxygen atoms in total. The number of amides is 1. The SMILES string of the molecule is O=C(C1Oc2ccccc2OC1c1ccccc1)N1CCN(c2ccccc2)CC1. The number of nitrogens with zero attached hydrogens (tertiary/aromatic N) is 2. The maximum Gasteiger partial charge on any atom is 0.268 e. The van der Waals surface area contributed by atoms with E-state index in [0.29, 0.717) is 24.6 Å². The van der Waals surface area contributed by atoms with Gasteiger partial charge >= 0.3 is 0 Å². The molecule has 2 aliphatic rings. The summed E-state index contributed by atoms with van der Waals surface area (Å²) in [5, 5.41) is 0. The lowest BCUT2D eigenvalue weighted by atomic mass is 10.0. The van der Waals surface area contributed by atoms with Gasteiger partial charge in [0.1, 0.15) is 0 Å². The van der Waals surface area contributed by atoms with Crippen LogP contribution in [-0.2, 0) is 4.79 Å². The lowest BCUT2D eigenvalue weighted by molar-refractivity contribution is -0.145. The van der Waals surface area contributed by atoms with E-state index in [1.807, 2.05) is 77.7 Å². The Morgan fingerprint density at radius 2 is 1.27 bits per heavy atom. The fourth-order valence-electron chi connectivity index (χ4n) is 4.11. The van der Waals surface area contributed by atoms with Crippen molar-refractivity contribution < 1.29 is 14.3 Å². The first kappa shape index (κ1) is 18.6. The molecule has 0 spiro atoms. The third-order valence-corrected chi connectivity index (χ3v) is 5.72. The number of ether oxygens (including phenoxy) is 2. The summed E-state index contributed by atoms with van der Waals surface area (Å²) in [6.07, 6.45) is -1.17. The summed E-state index contributed by atoms with van der Waals surface area (Å²) in [7, 11) is 0. The maximum atomic E-state index is 13.5. The molecule has 2 aliphatic heterocycles. The number of rotatable bonds is 3. The maximum absolute atomic E-state index is 13.5. The highest BCUT2D eigenvalue weighted by molar-refractivity contribution is 5.83. The van der Waals surface area contributed by atoms with Crippen LogP contribution in [0.3, 0.4) is 0 Å². The Balaban J connectivity index is 1.35. The number of piperazine rings is 1. The van der Waals surface area contributed by atoms with Crippen molar-refractivity contribution in [2.45, 2.75) is 12.2 Å². The molecule has 1 amide bonds. The molecule has 0 aliphatic carbocycles. The minimum Gasteiger partial charge on any atom is -0.477 e. The highest BCUT2D eigenvalue weighted by Gasteiger charge is 2.41. The topological polar surface area (TPSA) is 42.0 Å².